The maximum absolute atomic E-state index is 11.3. The summed E-state index contributed by atoms with van der Waals surface area (Å²) in [5.74, 6) is 0.0675. The number of nitrogens with one attached hydrogen (secondary N) is 2. The van der Waals surface area contributed by atoms with Crippen LogP contribution in [0.3, 0.4) is 0 Å². The van der Waals surface area contributed by atoms with Crippen LogP contribution in [-0.4, -0.2) is 37.0 Å². The number of benzene rings is 1. The smallest absolute Gasteiger partial charge is 0.228 e. The Hall–Kier alpha value is -1.43. The van der Waals surface area contributed by atoms with Crippen LogP contribution in [0.2, 0.25) is 0 Å². The number of rotatable bonds is 2. The van der Waals surface area contributed by atoms with E-state index in [1.54, 1.807) is 0 Å². The average molecular weight is 246 g/mol. The van der Waals surface area contributed by atoms with E-state index >= 15 is 0 Å². The zero-order chi connectivity index (χ0) is 12.5. The molecule has 5 heteroatoms. The molecule has 5 nitrogen and oxygen atoms in total. The Morgan fingerprint density at radius 3 is 2.83 bits per heavy atom. The molecule has 0 saturated carbocycles. The molecule has 1 saturated heterocycles. The molecule has 1 aromatic carbocycles. The molecule has 96 valence electrons. The number of nitrogens with zero attached hydrogens (tertiary/aromatic N) is 1. The number of anilines is 1. The number of hydrogen-bond donors (Lipinski definition) is 3. The second-order valence-electron chi connectivity index (χ2n) is 4.87. The maximum Gasteiger partial charge on any atom is 0.228 e. The van der Waals surface area contributed by atoms with Crippen LogP contribution in [-0.2, 0) is 11.2 Å². The van der Waals surface area contributed by atoms with E-state index in [1.165, 1.54) is 0 Å². The van der Waals surface area contributed by atoms with Crippen molar-refractivity contribution in [1.82, 2.24) is 10.2 Å². The average Bonchev–Trinajstić information content (AvgIpc) is 2.78. The highest BCUT2D eigenvalue weighted by atomic mass is 16.1. The van der Waals surface area contributed by atoms with E-state index in [1.807, 2.05) is 12.1 Å². The number of fused-ring (bicyclic) bond motifs is 1. The monoisotopic (exact) mass is 246 g/mol. The molecule has 0 aromatic heterocycles. The van der Waals surface area contributed by atoms with Gasteiger partial charge in [-0.3, -0.25) is 9.69 Å². The molecular formula is C13H18N4O. The lowest BCUT2D eigenvalue weighted by Gasteiger charge is -2.32. The van der Waals surface area contributed by atoms with Gasteiger partial charge in [0, 0.05) is 31.9 Å². The molecule has 3 rings (SSSR count). The van der Waals surface area contributed by atoms with Gasteiger partial charge in [-0.15, -0.1) is 0 Å². The number of nitrogens with two attached hydrogens (primary N) is 1. The van der Waals surface area contributed by atoms with E-state index in [0.717, 1.165) is 43.0 Å². The Balaban J connectivity index is 1.80. The van der Waals surface area contributed by atoms with Crippen molar-refractivity contribution in [3.63, 3.8) is 0 Å². The minimum absolute atomic E-state index is 0.0675. The predicted octanol–water partition coefficient (Wildman–Crippen LogP) is 0.0437. The van der Waals surface area contributed by atoms with Crippen molar-refractivity contribution in [2.75, 3.05) is 31.5 Å². The van der Waals surface area contributed by atoms with E-state index in [2.05, 4.69) is 21.6 Å². The Labute approximate surface area is 106 Å². The molecule has 2 heterocycles. The summed E-state index contributed by atoms with van der Waals surface area (Å²) in [5.41, 5.74) is 9.37. The van der Waals surface area contributed by atoms with Crippen molar-refractivity contribution in [1.29, 1.82) is 0 Å². The summed E-state index contributed by atoms with van der Waals surface area (Å²) in [4.78, 5) is 13.6. The topological polar surface area (TPSA) is 70.4 Å². The van der Waals surface area contributed by atoms with E-state index in [4.69, 9.17) is 5.73 Å². The van der Waals surface area contributed by atoms with Gasteiger partial charge in [0.2, 0.25) is 5.91 Å². The van der Waals surface area contributed by atoms with Crippen LogP contribution in [0, 0.1) is 0 Å². The van der Waals surface area contributed by atoms with Gasteiger partial charge in [-0.2, -0.15) is 0 Å². The molecule has 1 unspecified atom stereocenters. The van der Waals surface area contributed by atoms with Crippen molar-refractivity contribution in [3.8, 4) is 0 Å². The standard InChI is InChI=1S/C13H18N4O/c14-13(17-5-3-15-4-6-17)9-1-2-11-10(7-9)8-12(18)16-11/h1-2,7,13,15H,3-6,8,14H2,(H,16,18). The number of carbonyl (C=O) groups is 1. The first-order valence-electron chi connectivity index (χ1n) is 6.37. The highest BCUT2D eigenvalue weighted by Gasteiger charge is 2.22. The lowest BCUT2D eigenvalue weighted by Crippen LogP contribution is -2.47. The van der Waals surface area contributed by atoms with Gasteiger partial charge in [0.05, 0.1) is 12.6 Å². The summed E-state index contributed by atoms with van der Waals surface area (Å²) in [6.07, 6.45) is 0.394. The van der Waals surface area contributed by atoms with Gasteiger partial charge in [0.25, 0.3) is 0 Å². The molecule has 1 fully saturated rings. The summed E-state index contributed by atoms with van der Waals surface area (Å²) >= 11 is 0. The van der Waals surface area contributed by atoms with Gasteiger partial charge in [0.1, 0.15) is 0 Å². The molecule has 18 heavy (non-hydrogen) atoms. The zero-order valence-corrected chi connectivity index (χ0v) is 10.3. The first kappa shape index (κ1) is 11.6. The van der Waals surface area contributed by atoms with Gasteiger partial charge >= 0.3 is 0 Å². The van der Waals surface area contributed by atoms with Crippen LogP contribution in [0.4, 0.5) is 5.69 Å². The normalized spacial score (nSPS) is 21.5. The lowest BCUT2D eigenvalue weighted by atomic mass is 10.1. The van der Waals surface area contributed by atoms with E-state index < -0.39 is 0 Å². The molecular weight excluding hydrogens is 228 g/mol. The molecule has 4 N–H and O–H groups in total. The Morgan fingerprint density at radius 1 is 1.28 bits per heavy atom. The first-order chi connectivity index (χ1) is 8.74. The van der Waals surface area contributed by atoms with E-state index in [9.17, 15) is 4.79 Å². The van der Waals surface area contributed by atoms with Gasteiger partial charge in [-0.05, 0) is 17.2 Å². The number of amides is 1. The SMILES string of the molecule is NC(c1ccc2c(c1)CC(=O)N2)N1CCNCC1. The number of piperazine rings is 1. The largest absolute Gasteiger partial charge is 0.326 e. The number of carbonyl (C=O) groups excluding carboxylic acids is 1. The summed E-state index contributed by atoms with van der Waals surface area (Å²) in [5, 5.41) is 6.16. The highest BCUT2D eigenvalue weighted by molar-refractivity contribution is 5.99. The van der Waals surface area contributed by atoms with Crippen LogP contribution in [0.25, 0.3) is 0 Å². The van der Waals surface area contributed by atoms with Gasteiger partial charge in [-0.1, -0.05) is 12.1 Å². The zero-order valence-electron chi connectivity index (χ0n) is 10.3. The molecule has 0 spiro atoms. The van der Waals surface area contributed by atoms with Crippen LogP contribution < -0.4 is 16.4 Å². The van der Waals surface area contributed by atoms with Gasteiger partial charge in [-0.25, -0.2) is 0 Å². The summed E-state index contributed by atoms with van der Waals surface area (Å²) < 4.78 is 0. The Bertz CT molecular complexity index is 468. The van der Waals surface area contributed by atoms with Crippen molar-refractivity contribution < 1.29 is 4.79 Å². The van der Waals surface area contributed by atoms with Crippen molar-refractivity contribution in [2.24, 2.45) is 5.73 Å². The number of hydrogen-bond acceptors (Lipinski definition) is 4. The quantitative estimate of drug-likeness (QED) is 0.689. The predicted molar refractivity (Wildman–Crippen MR) is 70.1 cm³/mol. The first-order valence-corrected chi connectivity index (χ1v) is 6.37. The molecule has 1 amide bonds. The van der Waals surface area contributed by atoms with E-state index in [-0.39, 0.29) is 12.1 Å². The third-order valence-electron chi connectivity index (χ3n) is 3.64. The van der Waals surface area contributed by atoms with Crippen LogP contribution in [0.1, 0.15) is 17.3 Å². The molecule has 1 atom stereocenters. The lowest BCUT2D eigenvalue weighted by molar-refractivity contribution is -0.115. The van der Waals surface area contributed by atoms with E-state index in [0.29, 0.717) is 6.42 Å². The summed E-state index contributed by atoms with van der Waals surface area (Å²) in [6, 6.07) is 6.02. The third kappa shape index (κ3) is 2.12. The maximum atomic E-state index is 11.3. The molecule has 2 aliphatic rings. The van der Waals surface area contributed by atoms with Gasteiger partial charge < -0.3 is 16.4 Å². The minimum atomic E-state index is -0.0758. The van der Waals surface area contributed by atoms with Gasteiger partial charge in [0.15, 0.2) is 0 Å². The molecule has 0 radical (unpaired) electrons. The molecule has 2 aliphatic heterocycles. The molecule has 1 aromatic rings. The fourth-order valence-corrected chi connectivity index (χ4v) is 2.60. The molecule has 0 aliphatic carbocycles. The minimum Gasteiger partial charge on any atom is -0.326 e. The fourth-order valence-electron chi connectivity index (χ4n) is 2.60. The second kappa shape index (κ2) is 4.68. The van der Waals surface area contributed by atoms with Crippen molar-refractivity contribution in [2.45, 2.75) is 12.6 Å². The summed E-state index contributed by atoms with van der Waals surface area (Å²) in [6.45, 7) is 3.90. The summed E-state index contributed by atoms with van der Waals surface area (Å²) in [7, 11) is 0. The third-order valence-corrected chi connectivity index (χ3v) is 3.64. The van der Waals surface area contributed by atoms with Crippen molar-refractivity contribution in [3.05, 3.63) is 29.3 Å². The Morgan fingerprint density at radius 2 is 2.06 bits per heavy atom. The van der Waals surface area contributed by atoms with Crippen molar-refractivity contribution >= 4 is 11.6 Å². The highest BCUT2D eigenvalue weighted by Crippen LogP contribution is 2.26. The molecule has 0 bridgehead atoms. The van der Waals surface area contributed by atoms with Crippen LogP contribution >= 0.6 is 0 Å². The second-order valence-corrected chi connectivity index (χ2v) is 4.87. The Kier molecular flexibility index (Phi) is 3.03. The van der Waals surface area contributed by atoms with Crippen LogP contribution in [0.5, 0.6) is 0 Å². The van der Waals surface area contributed by atoms with Crippen LogP contribution in [0.15, 0.2) is 18.2 Å². The fraction of sp³-hybridized carbons (Fsp3) is 0.462.